The van der Waals surface area contributed by atoms with Crippen molar-refractivity contribution in [3.05, 3.63) is 47.7 Å². The summed E-state index contributed by atoms with van der Waals surface area (Å²) in [7, 11) is 0. The summed E-state index contributed by atoms with van der Waals surface area (Å²) in [5.74, 6) is 0.688. The fourth-order valence-electron chi connectivity index (χ4n) is 4.12. The van der Waals surface area contributed by atoms with Crippen molar-refractivity contribution in [2.75, 3.05) is 13.1 Å². The lowest BCUT2D eigenvalue weighted by molar-refractivity contribution is 0.0217. The first-order valence-electron chi connectivity index (χ1n) is 9.08. The van der Waals surface area contributed by atoms with Gasteiger partial charge < -0.3 is 10.3 Å². The van der Waals surface area contributed by atoms with Crippen molar-refractivity contribution in [2.24, 2.45) is 5.92 Å². The highest BCUT2D eigenvalue weighted by molar-refractivity contribution is 7.99. The third-order valence-corrected chi connectivity index (χ3v) is 6.59. The highest BCUT2D eigenvalue weighted by Gasteiger charge is 2.40. The van der Waals surface area contributed by atoms with E-state index in [-0.39, 0.29) is 11.9 Å². The van der Waals surface area contributed by atoms with E-state index < -0.39 is 0 Å². The molecule has 4 nitrogen and oxygen atoms in total. The number of carbonyl (C=O) groups is 1. The number of aromatic amines is 1. The molecule has 2 N–H and O–H groups in total. The number of H-pyrrole nitrogens is 1. The minimum absolute atomic E-state index is 0.0536. The van der Waals surface area contributed by atoms with Gasteiger partial charge in [0.2, 0.25) is 0 Å². The van der Waals surface area contributed by atoms with Gasteiger partial charge in [0.1, 0.15) is 0 Å². The van der Waals surface area contributed by atoms with Gasteiger partial charge >= 0.3 is 0 Å². The van der Waals surface area contributed by atoms with E-state index in [0.717, 1.165) is 21.2 Å². The summed E-state index contributed by atoms with van der Waals surface area (Å²) in [4.78, 5) is 19.6. The highest BCUT2D eigenvalue weighted by Crippen LogP contribution is 2.32. The number of hydrogen-bond donors (Lipinski definition) is 2. The molecule has 0 aliphatic carbocycles. The van der Waals surface area contributed by atoms with Gasteiger partial charge in [-0.05, 0) is 82.1 Å². The Bertz CT molecular complexity index is 745. The Morgan fingerprint density at radius 2 is 1.88 bits per heavy atom. The quantitative estimate of drug-likeness (QED) is 0.879. The number of carbonyl (C=O) groups excluding carboxylic acids is 1. The molecule has 0 radical (unpaired) electrons. The highest BCUT2D eigenvalue weighted by atomic mass is 32.2. The molecule has 1 aromatic carbocycles. The van der Waals surface area contributed by atoms with Crippen molar-refractivity contribution >= 4 is 17.7 Å². The summed E-state index contributed by atoms with van der Waals surface area (Å²) in [6.45, 7) is 6.66. The number of hydrogen-bond acceptors (Lipinski definition) is 3. The van der Waals surface area contributed by atoms with Gasteiger partial charge in [0.05, 0.1) is 5.03 Å². The Morgan fingerprint density at radius 1 is 1.16 bits per heavy atom. The predicted molar refractivity (Wildman–Crippen MR) is 101 cm³/mol. The SMILES string of the molecule is Cc1ccc(Sc2ccc(C(=O)N[C@@H]3C4CCN(CC4)C3C)cc2)[nH]1. The van der Waals surface area contributed by atoms with Crippen LogP contribution in [0.2, 0.25) is 0 Å². The van der Waals surface area contributed by atoms with Crippen LogP contribution in [0.15, 0.2) is 46.3 Å². The molecule has 2 bridgehead atoms. The molecule has 3 aliphatic rings. The second-order valence-corrected chi connectivity index (χ2v) is 8.36. The fraction of sp³-hybridized carbons (Fsp3) is 0.450. The van der Waals surface area contributed by atoms with Crippen LogP contribution in [-0.4, -0.2) is 41.0 Å². The minimum Gasteiger partial charge on any atom is -0.354 e. The second kappa shape index (κ2) is 6.89. The summed E-state index contributed by atoms with van der Waals surface area (Å²) < 4.78 is 0. The first-order chi connectivity index (χ1) is 12.1. The van der Waals surface area contributed by atoms with Gasteiger partial charge in [-0.15, -0.1) is 0 Å². The van der Waals surface area contributed by atoms with Crippen LogP contribution in [0.25, 0.3) is 0 Å². The van der Waals surface area contributed by atoms with E-state index in [0.29, 0.717) is 12.0 Å². The van der Waals surface area contributed by atoms with Crippen molar-refractivity contribution in [3.8, 4) is 0 Å². The molecule has 2 atom stereocenters. The first-order valence-corrected chi connectivity index (χ1v) is 9.90. The van der Waals surface area contributed by atoms with Crippen LogP contribution in [0.1, 0.15) is 35.8 Å². The van der Waals surface area contributed by atoms with Gasteiger partial charge in [0, 0.05) is 28.2 Å². The van der Waals surface area contributed by atoms with E-state index in [1.807, 2.05) is 31.2 Å². The van der Waals surface area contributed by atoms with Crippen LogP contribution in [-0.2, 0) is 0 Å². The van der Waals surface area contributed by atoms with Crippen LogP contribution >= 0.6 is 11.8 Å². The lowest BCUT2D eigenvalue weighted by Gasteiger charge is -2.49. The average Bonchev–Trinajstić information content (AvgIpc) is 3.04. The Labute approximate surface area is 153 Å². The third-order valence-electron chi connectivity index (χ3n) is 5.62. The monoisotopic (exact) mass is 355 g/mol. The van der Waals surface area contributed by atoms with Crippen molar-refractivity contribution in [1.29, 1.82) is 0 Å². The van der Waals surface area contributed by atoms with Crippen LogP contribution in [0.5, 0.6) is 0 Å². The van der Waals surface area contributed by atoms with Crippen molar-refractivity contribution in [1.82, 2.24) is 15.2 Å². The number of nitrogens with one attached hydrogen (secondary N) is 2. The van der Waals surface area contributed by atoms with Gasteiger partial charge in [-0.25, -0.2) is 0 Å². The van der Waals surface area contributed by atoms with Crippen LogP contribution in [0.3, 0.4) is 0 Å². The minimum atomic E-state index is 0.0536. The van der Waals surface area contributed by atoms with E-state index in [4.69, 9.17) is 0 Å². The normalized spacial score (nSPS) is 28.1. The number of nitrogens with zero attached hydrogens (tertiary/aromatic N) is 1. The number of piperidine rings is 3. The largest absolute Gasteiger partial charge is 0.354 e. The van der Waals surface area contributed by atoms with Crippen molar-refractivity contribution in [2.45, 2.75) is 48.7 Å². The summed E-state index contributed by atoms with van der Waals surface area (Å²) >= 11 is 1.68. The number of fused-ring (bicyclic) bond motifs is 3. The topological polar surface area (TPSA) is 48.1 Å². The average molecular weight is 356 g/mol. The maximum atomic E-state index is 12.7. The van der Waals surface area contributed by atoms with Crippen LogP contribution < -0.4 is 5.32 Å². The molecular formula is C20H25N3OS. The summed E-state index contributed by atoms with van der Waals surface area (Å²) in [5.41, 5.74) is 1.90. The van der Waals surface area contributed by atoms with Gasteiger partial charge in [0.15, 0.2) is 0 Å². The Hall–Kier alpha value is -1.72. The molecule has 1 amide bonds. The number of aryl methyl sites for hydroxylation is 1. The predicted octanol–water partition coefficient (Wildman–Crippen LogP) is 3.69. The molecular weight excluding hydrogens is 330 g/mol. The van der Waals surface area contributed by atoms with Crippen molar-refractivity contribution < 1.29 is 4.79 Å². The molecule has 132 valence electrons. The van der Waals surface area contributed by atoms with Crippen LogP contribution in [0.4, 0.5) is 0 Å². The van der Waals surface area contributed by atoms with Crippen LogP contribution in [0, 0.1) is 12.8 Å². The lowest BCUT2D eigenvalue weighted by Crippen LogP contribution is -2.62. The van der Waals surface area contributed by atoms with Gasteiger partial charge in [-0.2, -0.15) is 0 Å². The molecule has 25 heavy (non-hydrogen) atoms. The molecule has 0 spiro atoms. The molecule has 3 saturated heterocycles. The van der Waals surface area contributed by atoms with E-state index >= 15 is 0 Å². The Kier molecular flexibility index (Phi) is 4.61. The molecule has 3 fully saturated rings. The van der Waals surface area contributed by atoms with Crippen molar-refractivity contribution in [3.63, 3.8) is 0 Å². The van der Waals surface area contributed by atoms with Gasteiger partial charge in [-0.1, -0.05) is 11.8 Å². The number of amides is 1. The molecule has 5 heteroatoms. The summed E-state index contributed by atoms with van der Waals surface area (Å²) in [6.07, 6.45) is 2.42. The smallest absolute Gasteiger partial charge is 0.251 e. The zero-order chi connectivity index (χ0) is 17.4. The van der Waals surface area contributed by atoms with Gasteiger partial charge in [0.25, 0.3) is 5.91 Å². The summed E-state index contributed by atoms with van der Waals surface area (Å²) in [6, 6.07) is 12.8. The molecule has 1 unspecified atom stereocenters. The number of aromatic nitrogens is 1. The molecule has 5 rings (SSSR count). The Balaban J connectivity index is 1.40. The van der Waals surface area contributed by atoms with E-state index in [1.165, 1.54) is 25.9 Å². The first kappa shape index (κ1) is 16.7. The lowest BCUT2D eigenvalue weighted by atomic mass is 9.79. The zero-order valence-electron chi connectivity index (χ0n) is 14.8. The third kappa shape index (κ3) is 3.48. The van der Waals surface area contributed by atoms with Gasteiger partial charge in [-0.3, -0.25) is 9.69 Å². The second-order valence-electron chi connectivity index (χ2n) is 7.25. The maximum absolute atomic E-state index is 12.7. The Morgan fingerprint density at radius 3 is 2.48 bits per heavy atom. The molecule has 1 aromatic heterocycles. The zero-order valence-corrected chi connectivity index (χ0v) is 15.6. The molecule has 2 aromatic rings. The fourth-order valence-corrected chi connectivity index (χ4v) is 4.99. The van der Waals surface area contributed by atoms with E-state index in [9.17, 15) is 4.79 Å². The molecule has 0 saturated carbocycles. The number of benzene rings is 1. The molecule has 4 heterocycles. The number of rotatable bonds is 4. The molecule has 3 aliphatic heterocycles. The standard InChI is InChI=1S/C20H25N3OS/c1-13-3-8-18(21-13)25-17-6-4-16(5-7-17)20(24)22-19-14(2)23-11-9-15(19)10-12-23/h3-8,14-15,19,21H,9-12H2,1-2H3,(H,22,24)/t14?,19-/m0/s1. The van der Waals surface area contributed by atoms with E-state index in [2.05, 4.69) is 34.3 Å². The maximum Gasteiger partial charge on any atom is 0.251 e. The van der Waals surface area contributed by atoms with E-state index in [1.54, 1.807) is 11.8 Å². The summed E-state index contributed by atoms with van der Waals surface area (Å²) in [5, 5.41) is 4.42.